The molecule has 1 rings (SSSR count). The molecule has 0 aliphatic heterocycles. The van der Waals surface area contributed by atoms with E-state index in [2.05, 4.69) is 6.92 Å². The number of aliphatic hydroxyl groups is 1. The molecule has 0 bridgehead atoms. The zero-order valence-corrected chi connectivity index (χ0v) is 7.77. The van der Waals surface area contributed by atoms with Crippen molar-refractivity contribution in [2.24, 2.45) is 5.92 Å². The second-order valence-electron chi connectivity index (χ2n) is 4.09. The van der Waals surface area contributed by atoms with E-state index in [1.165, 1.54) is 32.1 Å². The Morgan fingerprint density at radius 1 is 1.45 bits per heavy atom. The molecule has 1 saturated carbocycles. The van der Waals surface area contributed by atoms with Gasteiger partial charge in [0.2, 0.25) is 0 Å². The Labute approximate surface area is 69.8 Å². The molecule has 0 amide bonds. The summed E-state index contributed by atoms with van der Waals surface area (Å²) >= 11 is 0. The molecular formula is C10H20O. The van der Waals surface area contributed by atoms with Gasteiger partial charge in [-0.15, -0.1) is 0 Å². The van der Waals surface area contributed by atoms with Gasteiger partial charge in [-0.2, -0.15) is 0 Å². The average Bonchev–Trinajstić information content (AvgIpc) is 1.94. The van der Waals surface area contributed by atoms with Gasteiger partial charge in [0.05, 0.1) is 5.60 Å². The molecule has 1 fully saturated rings. The first-order valence-electron chi connectivity index (χ1n) is 4.89. The summed E-state index contributed by atoms with van der Waals surface area (Å²) in [6.45, 7) is 4.21. The van der Waals surface area contributed by atoms with Crippen molar-refractivity contribution in [2.45, 2.75) is 58.0 Å². The molecular weight excluding hydrogens is 136 g/mol. The maximum absolute atomic E-state index is 9.97. The number of rotatable bonds is 2. The van der Waals surface area contributed by atoms with Crippen LogP contribution in [-0.4, -0.2) is 10.7 Å². The Bertz CT molecular complexity index is 116. The lowest BCUT2D eigenvalue weighted by atomic mass is 9.74. The standard InChI is InChI=1S/C10H20O/c1-3-6-9-7-4-5-8-10(9,2)11/h9,11H,3-8H2,1-2H3/t9-,10-/m1/s1. The predicted octanol–water partition coefficient (Wildman–Crippen LogP) is 2.73. The van der Waals surface area contributed by atoms with Crippen molar-refractivity contribution in [1.29, 1.82) is 0 Å². The van der Waals surface area contributed by atoms with Crippen molar-refractivity contribution >= 4 is 0 Å². The average molecular weight is 156 g/mol. The van der Waals surface area contributed by atoms with Gasteiger partial charge < -0.3 is 5.11 Å². The Morgan fingerprint density at radius 2 is 2.18 bits per heavy atom. The summed E-state index contributed by atoms with van der Waals surface area (Å²) < 4.78 is 0. The first-order chi connectivity index (χ1) is 5.17. The van der Waals surface area contributed by atoms with E-state index in [1.54, 1.807) is 0 Å². The van der Waals surface area contributed by atoms with Crippen LogP contribution in [0.4, 0.5) is 0 Å². The topological polar surface area (TPSA) is 20.2 Å². The van der Waals surface area contributed by atoms with Crippen LogP contribution in [0, 0.1) is 5.92 Å². The van der Waals surface area contributed by atoms with Gasteiger partial charge in [-0.1, -0.05) is 26.2 Å². The van der Waals surface area contributed by atoms with Crippen molar-refractivity contribution in [3.8, 4) is 0 Å². The van der Waals surface area contributed by atoms with E-state index < -0.39 is 0 Å². The lowest BCUT2D eigenvalue weighted by molar-refractivity contribution is -0.0351. The Hall–Kier alpha value is -0.0400. The van der Waals surface area contributed by atoms with Crippen molar-refractivity contribution in [2.75, 3.05) is 0 Å². The lowest BCUT2D eigenvalue weighted by Crippen LogP contribution is -2.37. The molecule has 0 unspecified atom stereocenters. The molecule has 0 aromatic rings. The van der Waals surface area contributed by atoms with Crippen LogP contribution < -0.4 is 0 Å². The molecule has 0 spiro atoms. The van der Waals surface area contributed by atoms with Crippen LogP contribution in [0.2, 0.25) is 0 Å². The maximum atomic E-state index is 9.97. The monoisotopic (exact) mass is 156 g/mol. The molecule has 1 aliphatic rings. The van der Waals surface area contributed by atoms with E-state index in [0.717, 1.165) is 6.42 Å². The Balaban J connectivity index is 2.45. The van der Waals surface area contributed by atoms with Gasteiger partial charge in [-0.25, -0.2) is 0 Å². The minimum absolute atomic E-state index is 0.353. The van der Waals surface area contributed by atoms with Gasteiger partial charge in [0.25, 0.3) is 0 Å². The summed E-state index contributed by atoms with van der Waals surface area (Å²) in [6, 6.07) is 0. The molecule has 0 radical (unpaired) electrons. The number of hydrogen-bond acceptors (Lipinski definition) is 1. The van der Waals surface area contributed by atoms with Gasteiger partial charge in [0.15, 0.2) is 0 Å². The van der Waals surface area contributed by atoms with E-state index >= 15 is 0 Å². The largest absolute Gasteiger partial charge is 0.390 e. The van der Waals surface area contributed by atoms with E-state index in [1.807, 2.05) is 6.92 Å². The molecule has 1 aliphatic carbocycles. The highest BCUT2D eigenvalue weighted by atomic mass is 16.3. The van der Waals surface area contributed by atoms with Crippen molar-refractivity contribution in [3.63, 3.8) is 0 Å². The zero-order chi connectivity index (χ0) is 8.32. The molecule has 2 atom stereocenters. The van der Waals surface area contributed by atoms with E-state index in [4.69, 9.17) is 0 Å². The van der Waals surface area contributed by atoms with Gasteiger partial charge in [0, 0.05) is 0 Å². The molecule has 66 valence electrons. The summed E-state index contributed by atoms with van der Waals surface area (Å²) in [7, 11) is 0. The fraction of sp³-hybridized carbons (Fsp3) is 1.00. The van der Waals surface area contributed by atoms with Crippen LogP contribution in [-0.2, 0) is 0 Å². The zero-order valence-electron chi connectivity index (χ0n) is 7.77. The van der Waals surface area contributed by atoms with E-state index in [-0.39, 0.29) is 5.60 Å². The molecule has 1 nitrogen and oxygen atoms in total. The van der Waals surface area contributed by atoms with Crippen molar-refractivity contribution < 1.29 is 5.11 Å². The molecule has 1 heteroatoms. The summed E-state index contributed by atoms with van der Waals surface area (Å²) in [5.74, 6) is 0.571. The molecule has 0 aromatic carbocycles. The fourth-order valence-electron chi connectivity index (χ4n) is 2.19. The minimum atomic E-state index is -0.353. The maximum Gasteiger partial charge on any atom is 0.0647 e. The van der Waals surface area contributed by atoms with Crippen molar-refractivity contribution in [1.82, 2.24) is 0 Å². The van der Waals surface area contributed by atoms with Crippen LogP contribution >= 0.6 is 0 Å². The van der Waals surface area contributed by atoms with Gasteiger partial charge in [0.1, 0.15) is 0 Å². The quantitative estimate of drug-likeness (QED) is 0.651. The molecule has 0 heterocycles. The van der Waals surface area contributed by atoms with Gasteiger partial charge >= 0.3 is 0 Å². The van der Waals surface area contributed by atoms with Crippen LogP contribution in [0.3, 0.4) is 0 Å². The molecule has 0 saturated heterocycles. The third-order valence-corrected chi connectivity index (χ3v) is 3.00. The van der Waals surface area contributed by atoms with Gasteiger partial charge in [-0.3, -0.25) is 0 Å². The molecule has 0 aromatic heterocycles. The van der Waals surface area contributed by atoms with Crippen LogP contribution in [0.15, 0.2) is 0 Å². The highest BCUT2D eigenvalue weighted by Crippen LogP contribution is 2.35. The number of hydrogen-bond donors (Lipinski definition) is 1. The smallest absolute Gasteiger partial charge is 0.0647 e. The summed E-state index contributed by atoms with van der Waals surface area (Å²) in [4.78, 5) is 0. The summed E-state index contributed by atoms with van der Waals surface area (Å²) in [5, 5.41) is 9.97. The molecule has 1 N–H and O–H groups in total. The van der Waals surface area contributed by atoms with Crippen LogP contribution in [0.5, 0.6) is 0 Å². The Morgan fingerprint density at radius 3 is 2.73 bits per heavy atom. The lowest BCUT2D eigenvalue weighted by Gasteiger charge is -2.37. The second kappa shape index (κ2) is 3.57. The normalized spacial score (nSPS) is 39.0. The van der Waals surface area contributed by atoms with E-state index in [0.29, 0.717) is 5.92 Å². The van der Waals surface area contributed by atoms with Gasteiger partial charge in [-0.05, 0) is 32.1 Å². The second-order valence-corrected chi connectivity index (χ2v) is 4.09. The highest BCUT2D eigenvalue weighted by Gasteiger charge is 2.33. The first-order valence-corrected chi connectivity index (χ1v) is 4.89. The predicted molar refractivity (Wildman–Crippen MR) is 47.5 cm³/mol. The van der Waals surface area contributed by atoms with E-state index in [9.17, 15) is 5.11 Å². The summed E-state index contributed by atoms with van der Waals surface area (Å²) in [5.41, 5.74) is -0.353. The SMILES string of the molecule is CCC[C@@H]1CCCC[C@@]1(C)O. The third-order valence-electron chi connectivity index (χ3n) is 3.00. The van der Waals surface area contributed by atoms with Crippen LogP contribution in [0.25, 0.3) is 0 Å². The molecule has 11 heavy (non-hydrogen) atoms. The summed E-state index contributed by atoms with van der Waals surface area (Å²) in [6.07, 6.45) is 7.19. The van der Waals surface area contributed by atoms with Crippen molar-refractivity contribution in [3.05, 3.63) is 0 Å². The fourth-order valence-corrected chi connectivity index (χ4v) is 2.19. The first kappa shape index (κ1) is 9.05. The Kier molecular flexibility index (Phi) is 2.94. The minimum Gasteiger partial charge on any atom is -0.390 e. The van der Waals surface area contributed by atoms with Crippen LogP contribution in [0.1, 0.15) is 52.4 Å². The third kappa shape index (κ3) is 2.19. The highest BCUT2D eigenvalue weighted by molar-refractivity contribution is 4.85.